The number of halogens is 1. The molecule has 0 aliphatic carbocycles. The van der Waals surface area contributed by atoms with Crippen molar-refractivity contribution < 1.29 is 4.39 Å². The Balaban J connectivity index is 2.73. The molecule has 0 saturated heterocycles. The SMILES string of the molecule is CCCC(C)(CNCC(C)C)Cc1ccc(F)cc1C. The fourth-order valence-electron chi connectivity index (χ4n) is 2.82. The van der Waals surface area contributed by atoms with E-state index in [1.165, 1.54) is 18.4 Å². The van der Waals surface area contributed by atoms with Gasteiger partial charge in [0.05, 0.1) is 0 Å². The summed E-state index contributed by atoms with van der Waals surface area (Å²) in [6.45, 7) is 13.1. The first-order valence-corrected chi connectivity index (χ1v) is 7.82. The molecule has 0 aliphatic rings. The monoisotopic (exact) mass is 279 g/mol. The molecular formula is C18H30FN. The third-order valence-corrected chi connectivity index (χ3v) is 3.88. The summed E-state index contributed by atoms with van der Waals surface area (Å²) in [5.41, 5.74) is 2.58. The van der Waals surface area contributed by atoms with E-state index in [1.54, 1.807) is 12.1 Å². The van der Waals surface area contributed by atoms with E-state index in [0.717, 1.165) is 25.1 Å². The molecule has 1 rings (SSSR count). The third kappa shape index (κ3) is 5.62. The maximum atomic E-state index is 13.2. The Morgan fingerprint density at radius 3 is 2.55 bits per heavy atom. The lowest BCUT2D eigenvalue weighted by Crippen LogP contribution is -2.35. The van der Waals surface area contributed by atoms with Crippen LogP contribution in [0.5, 0.6) is 0 Å². The summed E-state index contributed by atoms with van der Waals surface area (Å²) >= 11 is 0. The van der Waals surface area contributed by atoms with E-state index in [2.05, 4.69) is 33.0 Å². The van der Waals surface area contributed by atoms with Crippen molar-refractivity contribution >= 4 is 0 Å². The summed E-state index contributed by atoms with van der Waals surface area (Å²) in [6.07, 6.45) is 3.38. The second-order valence-corrected chi connectivity index (χ2v) is 6.83. The number of hydrogen-bond acceptors (Lipinski definition) is 1. The largest absolute Gasteiger partial charge is 0.316 e. The standard InChI is InChI=1S/C18H30FN/c1-6-9-18(5,13-20-12-14(2)3)11-16-7-8-17(19)10-15(16)4/h7-8,10,14,20H,6,9,11-13H2,1-5H3. The van der Waals surface area contributed by atoms with E-state index >= 15 is 0 Å². The zero-order chi connectivity index (χ0) is 15.2. The Morgan fingerprint density at radius 2 is 2.00 bits per heavy atom. The third-order valence-electron chi connectivity index (χ3n) is 3.88. The summed E-state index contributed by atoms with van der Waals surface area (Å²) in [5.74, 6) is 0.537. The van der Waals surface area contributed by atoms with Gasteiger partial charge in [-0.1, -0.05) is 40.2 Å². The van der Waals surface area contributed by atoms with E-state index in [9.17, 15) is 4.39 Å². The highest BCUT2D eigenvalue weighted by molar-refractivity contribution is 5.27. The Bertz CT molecular complexity index is 414. The fourth-order valence-corrected chi connectivity index (χ4v) is 2.82. The normalized spacial score (nSPS) is 14.6. The molecule has 0 heterocycles. The van der Waals surface area contributed by atoms with Crippen LogP contribution >= 0.6 is 0 Å². The van der Waals surface area contributed by atoms with Crippen LogP contribution in [0.15, 0.2) is 18.2 Å². The van der Waals surface area contributed by atoms with Gasteiger partial charge in [0.25, 0.3) is 0 Å². The van der Waals surface area contributed by atoms with Crippen LogP contribution in [0.4, 0.5) is 4.39 Å². The van der Waals surface area contributed by atoms with E-state index in [0.29, 0.717) is 5.92 Å². The molecule has 20 heavy (non-hydrogen) atoms. The average Bonchev–Trinajstić information content (AvgIpc) is 2.33. The molecule has 2 heteroatoms. The van der Waals surface area contributed by atoms with E-state index in [-0.39, 0.29) is 11.2 Å². The smallest absolute Gasteiger partial charge is 0.123 e. The van der Waals surface area contributed by atoms with Gasteiger partial charge in [0.1, 0.15) is 5.82 Å². The number of nitrogens with one attached hydrogen (secondary N) is 1. The Hall–Kier alpha value is -0.890. The molecule has 0 amide bonds. The van der Waals surface area contributed by atoms with Crippen LogP contribution < -0.4 is 5.32 Å². The first kappa shape index (κ1) is 17.2. The van der Waals surface area contributed by atoms with Gasteiger partial charge in [0, 0.05) is 6.54 Å². The van der Waals surface area contributed by atoms with Crippen LogP contribution in [0.25, 0.3) is 0 Å². The molecule has 0 saturated carbocycles. The van der Waals surface area contributed by atoms with Gasteiger partial charge in [0.15, 0.2) is 0 Å². The van der Waals surface area contributed by atoms with Crippen LogP contribution in [0.2, 0.25) is 0 Å². The molecule has 0 aliphatic heterocycles. The highest BCUT2D eigenvalue weighted by Crippen LogP contribution is 2.29. The van der Waals surface area contributed by atoms with Gasteiger partial charge < -0.3 is 5.32 Å². The zero-order valence-electron chi connectivity index (χ0n) is 13.7. The van der Waals surface area contributed by atoms with Crippen molar-refractivity contribution in [3.63, 3.8) is 0 Å². The van der Waals surface area contributed by atoms with E-state index in [1.807, 2.05) is 13.0 Å². The highest BCUT2D eigenvalue weighted by Gasteiger charge is 2.24. The van der Waals surface area contributed by atoms with Crippen molar-refractivity contribution in [2.45, 2.75) is 53.9 Å². The summed E-state index contributed by atoms with van der Waals surface area (Å²) in [7, 11) is 0. The molecule has 114 valence electrons. The van der Waals surface area contributed by atoms with E-state index < -0.39 is 0 Å². The predicted octanol–water partition coefficient (Wildman–Crippen LogP) is 4.73. The molecule has 1 nitrogen and oxygen atoms in total. The molecule has 0 fully saturated rings. The molecule has 1 atom stereocenters. The van der Waals surface area contributed by atoms with Crippen molar-refractivity contribution in [2.24, 2.45) is 11.3 Å². The summed E-state index contributed by atoms with van der Waals surface area (Å²) in [6, 6.07) is 5.17. The van der Waals surface area contributed by atoms with Gasteiger partial charge in [-0.3, -0.25) is 0 Å². The van der Waals surface area contributed by atoms with Crippen LogP contribution in [0, 0.1) is 24.1 Å². The molecule has 1 unspecified atom stereocenters. The van der Waals surface area contributed by atoms with Crippen molar-refractivity contribution in [3.8, 4) is 0 Å². The zero-order valence-corrected chi connectivity index (χ0v) is 13.7. The quantitative estimate of drug-likeness (QED) is 0.725. The number of aryl methyl sites for hydroxylation is 1. The minimum atomic E-state index is -0.138. The van der Waals surface area contributed by atoms with Gasteiger partial charge in [-0.2, -0.15) is 0 Å². The van der Waals surface area contributed by atoms with Gasteiger partial charge in [-0.25, -0.2) is 4.39 Å². The van der Waals surface area contributed by atoms with Crippen LogP contribution in [-0.2, 0) is 6.42 Å². The van der Waals surface area contributed by atoms with Crippen LogP contribution in [0.1, 0.15) is 51.7 Å². The summed E-state index contributed by atoms with van der Waals surface area (Å²) < 4.78 is 13.2. The topological polar surface area (TPSA) is 12.0 Å². The van der Waals surface area contributed by atoms with Crippen LogP contribution in [0.3, 0.4) is 0 Å². The molecule has 0 bridgehead atoms. The molecule has 1 aromatic rings. The molecule has 0 spiro atoms. The Labute approximate surface area is 124 Å². The maximum absolute atomic E-state index is 13.2. The van der Waals surface area contributed by atoms with Crippen LogP contribution in [-0.4, -0.2) is 13.1 Å². The average molecular weight is 279 g/mol. The Kier molecular flexibility index (Phi) is 6.67. The predicted molar refractivity (Wildman–Crippen MR) is 85.6 cm³/mol. The minimum absolute atomic E-state index is 0.138. The molecule has 1 N–H and O–H groups in total. The van der Waals surface area contributed by atoms with Crippen molar-refractivity contribution in [2.75, 3.05) is 13.1 Å². The van der Waals surface area contributed by atoms with Gasteiger partial charge in [-0.15, -0.1) is 0 Å². The van der Waals surface area contributed by atoms with Gasteiger partial charge >= 0.3 is 0 Å². The lowest BCUT2D eigenvalue weighted by molar-refractivity contribution is 0.270. The highest BCUT2D eigenvalue weighted by atomic mass is 19.1. The van der Waals surface area contributed by atoms with Crippen molar-refractivity contribution in [1.82, 2.24) is 5.32 Å². The molecule has 0 aromatic heterocycles. The van der Waals surface area contributed by atoms with Crippen molar-refractivity contribution in [1.29, 1.82) is 0 Å². The summed E-state index contributed by atoms with van der Waals surface area (Å²) in [4.78, 5) is 0. The molecular weight excluding hydrogens is 249 g/mol. The first-order chi connectivity index (χ1) is 9.36. The fraction of sp³-hybridized carbons (Fsp3) is 0.667. The molecule has 1 aromatic carbocycles. The lowest BCUT2D eigenvalue weighted by Gasteiger charge is -2.31. The number of rotatable bonds is 8. The Morgan fingerprint density at radius 1 is 1.30 bits per heavy atom. The molecule has 0 radical (unpaired) electrons. The second-order valence-electron chi connectivity index (χ2n) is 6.83. The van der Waals surface area contributed by atoms with E-state index in [4.69, 9.17) is 0 Å². The maximum Gasteiger partial charge on any atom is 0.123 e. The number of benzene rings is 1. The first-order valence-electron chi connectivity index (χ1n) is 7.82. The van der Waals surface area contributed by atoms with Gasteiger partial charge in [-0.05, 0) is 60.9 Å². The van der Waals surface area contributed by atoms with Crippen molar-refractivity contribution in [3.05, 3.63) is 35.1 Å². The minimum Gasteiger partial charge on any atom is -0.316 e. The van der Waals surface area contributed by atoms with Gasteiger partial charge in [0.2, 0.25) is 0 Å². The summed E-state index contributed by atoms with van der Waals surface area (Å²) in [5, 5.41) is 3.59. The number of hydrogen-bond donors (Lipinski definition) is 1. The lowest BCUT2D eigenvalue weighted by atomic mass is 9.78. The second kappa shape index (κ2) is 7.78.